The van der Waals surface area contributed by atoms with Gasteiger partial charge >= 0.3 is 0 Å². The number of rotatable bonds is 3. The number of nitrogens with one attached hydrogen (secondary N) is 1. The van der Waals surface area contributed by atoms with Crippen LogP contribution in [-0.4, -0.2) is 29.1 Å². The number of aryl methyl sites for hydroxylation is 2. The van der Waals surface area contributed by atoms with Gasteiger partial charge in [-0.1, -0.05) is 6.07 Å². The molecule has 1 aromatic heterocycles. The molecule has 3 N–H and O–H groups in total. The topological polar surface area (TPSA) is 90.9 Å². The van der Waals surface area contributed by atoms with E-state index in [1.165, 1.54) is 5.56 Å². The maximum absolute atomic E-state index is 9.22. The van der Waals surface area contributed by atoms with Gasteiger partial charge in [0, 0.05) is 30.4 Å². The Morgan fingerprint density at radius 2 is 2.07 bits per heavy atom. The van der Waals surface area contributed by atoms with E-state index in [0.717, 1.165) is 61.5 Å². The second kappa shape index (κ2) is 8.75. The number of nitrogens with zero attached hydrogens (tertiary/aromatic N) is 4. The summed E-state index contributed by atoms with van der Waals surface area (Å²) in [7, 11) is 0. The average Bonchev–Trinajstić information content (AvgIpc) is 3.24. The molecule has 0 unspecified atom stereocenters. The number of hydrogen-bond donors (Lipinski definition) is 2. The molecule has 1 saturated heterocycles. The molecule has 1 aliphatic carbocycles. The first-order valence-corrected chi connectivity index (χ1v) is 8.82. The van der Waals surface area contributed by atoms with Crippen LogP contribution in [0.1, 0.15) is 35.2 Å². The molecule has 0 spiro atoms. The predicted molar refractivity (Wildman–Crippen MR) is 113 cm³/mol. The third kappa shape index (κ3) is 4.27. The van der Waals surface area contributed by atoms with Crippen LogP contribution in [0.15, 0.2) is 18.2 Å². The van der Waals surface area contributed by atoms with E-state index >= 15 is 0 Å². The van der Waals surface area contributed by atoms with Gasteiger partial charge in [0.15, 0.2) is 0 Å². The number of nitriles is 1. The Labute approximate surface area is 172 Å². The smallest absolute Gasteiger partial charge is 0.229 e. The molecule has 2 aliphatic rings. The molecule has 8 heteroatoms. The van der Waals surface area contributed by atoms with Crippen molar-refractivity contribution in [1.29, 1.82) is 5.26 Å². The third-order valence-electron chi connectivity index (χ3n) is 5.05. The molecule has 6 nitrogen and oxygen atoms in total. The van der Waals surface area contributed by atoms with Crippen molar-refractivity contribution in [3.63, 3.8) is 0 Å². The van der Waals surface area contributed by atoms with Crippen molar-refractivity contribution in [1.82, 2.24) is 9.97 Å². The SMILES string of the molecule is Cc1ccc(Nc2nc3c(c(N4CC[C@H](N)C4)n2)CCC3)cc1C#N.Cl.Cl. The summed E-state index contributed by atoms with van der Waals surface area (Å²) >= 11 is 0. The molecule has 0 saturated carbocycles. The molecule has 4 rings (SSSR count). The van der Waals surface area contributed by atoms with Crippen molar-refractivity contribution in [3.05, 3.63) is 40.6 Å². The Kier molecular flexibility index (Phi) is 6.88. The lowest BCUT2D eigenvalue weighted by molar-refractivity contribution is 0.751. The highest BCUT2D eigenvalue weighted by atomic mass is 35.5. The summed E-state index contributed by atoms with van der Waals surface area (Å²) in [4.78, 5) is 11.8. The first-order valence-electron chi connectivity index (χ1n) is 8.82. The number of halogens is 2. The molecule has 1 aliphatic heterocycles. The van der Waals surface area contributed by atoms with E-state index in [4.69, 9.17) is 15.7 Å². The lowest BCUT2D eigenvalue weighted by Crippen LogP contribution is -2.28. The van der Waals surface area contributed by atoms with Gasteiger partial charge in [-0.05, 0) is 50.3 Å². The molecule has 144 valence electrons. The number of fused-ring (bicyclic) bond motifs is 1. The second-order valence-corrected chi connectivity index (χ2v) is 6.91. The van der Waals surface area contributed by atoms with Crippen molar-refractivity contribution in [2.45, 2.75) is 38.6 Å². The minimum atomic E-state index is 0. The zero-order chi connectivity index (χ0) is 17.4. The van der Waals surface area contributed by atoms with Crippen LogP contribution in [0.2, 0.25) is 0 Å². The largest absolute Gasteiger partial charge is 0.355 e. The average molecular weight is 407 g/mol. The fraction of sp³-hybridized carbons (Fsp3) is 0.421. The molecule has 2 heterocycles. The highest BCUT2D eigenvalue weighted by Gasteiger charge is 2.27. The molecular formula is C19H24Cl2N6. The summed E-state index contributed by atoms with van der Waals surface area (Å²) in [6.07, 6.45) is 4.17. The molecule has 0 amide bonds. The summed E-state index contributed by atoms with van der Waals surface area (Å²) in [5.41, 5.74) is 11.0. The van der Waals surface area contributed by atoms with Crippen molar-refractivity contribution in [3.8, 4) is 6.07 Å². The van der Waals surface area contributed by atoms with Crippen LogP contribution in [0.5, 0.6) is 0 Å². The van der Waals surface area contributed by atoms with E-state index in [1.54, 1.807) is 0 Å². The molecule has 0 radical (unpaired) electrons. The Bertz CT molecular complexity index is 864. The maximum Gasteiger partial charge on any atom is 0.229 e. The monoisotopic (exact) mass is 406 g/mol. The third-order valence-corrected chi connectivity index (χ3v) is 5.05. The molecule has 1 atom stereocenters. The standard InChI is InChI=1S/C19H22N6.2ClH/c1-12-5-6-15(9-13(12)10-20)22-19-23-17-4-2-3-16(17)18(24-19)25-8-7-14(21)11-25;;/h5-6,9,14H,2-4,7-8,11,21H2,1H3,(H,22,23,24);2*1H/t14-;;/m0../s1. The Balaban J connectivity index is 0.00000131. The number of nitrogens with two attached hydrogens (primary N) is 1. The highest BCUT2D eigenvalue weighted by Crippen LogP contribution is 2.32. The van der Waals surface area contributed by atoms with Crippen molar-refractivity contribution in [2.24, 2.45) is 5.73 Å². The molecule has 0 bridgehead atoms. The first-order chi connectivity index (χ1) is 12.1. The number of benzene rings is 1. The highest BCUT2D eigenvalue weighted by molar-refractivity contribution is 5.85. The summed E-state index contributed by atoms with van der Waals surface area (Å²) in [5, 5.41) is 12.5. The number of hydrogen-bond acceptors (Lipinski definition) is 6. The normalized spacial score (nSPS) is 17.5. The van der Waals surface area contributed by atoms with Crippen LogP contribution in [0.25, 0.3) is 0 Å². The van der Waals surface area contributed by atoms with E-state index in [1.807, 2.05) is 25.1 Å². The van der Waals surface area contributed by atoms with Crippen LogP contribution in [-0.2, 0) is 12.8 Å². The van der Waals surface area contributed by atoms with Crippen LogP contribution in [0.3, 0.4) is 0 Å². The van der Waals surface area contributed by atoms with Gasteiger partial charge in [-0.15, -0.1) is 24.8 Å². The van der Waals surface area contributed by atoms with Crippen LogP contribution < -0.4 is 16.0 Å². The van der Waals surface area contributed by atoms with Gasteiger partial charge < -0.3 is 16.0 Å². The van der Waals surface area contributed by atoms with E-state index < -0.39 is 0 Å². The van der Waals surface area contributed by atoms with Crippen LogP contribution in [0, 0.1) is 18.3 Å². The molecule has 27 heavy (non-hydrogen) atoms. The van der Waals surface area contributed by atoms with E-state index in [2.05, 4.69) is 16.3 Å². The molecular weight excluding hydrogens is 383 g/mol. The quantitative estimate of drug-likeness (QED) is 0.812. The first kappa shape index (κ1) is 21.2. The predicted octanol–water partition coefficient (Wildman–Crippen LogP) is 3.27. The van der Waals surface area contributed by atoms with Crippen LogP contribution in [0.4, 0.5) is 17.5 Å². The van der Waals surface area contributed by atoms with E-state index in [0.29, 0.717) is 11.5 Å². The zero-order valence-corrected chi connectivity index (χ0v) is 16.9. The van der Waals surface area contributed by atoms with Gasteiger partial charge in [0.2, 0.25) is 5.95 Å². The van der Waals surface area contributed by atoms with Gasteiger partial charge in [0.1, 0.15) is 5.82 Å². The Morgan fingerprint density at radius 3 is 2.78 bits per heavy atom. The van der Waals surface area contributed by atoms with E-state index in [9.17, 15) is 5.26 Å². The lowest BCUT2D eigenvalue weighted by Gasteiger charge is -2.21. The minimum Gasteiger partial charge on any atom is -0.355 e. The molecule has 1 fully saturated rings. The summed E-state index contributed by atoms with van der Waals surface area (Å²) in [6.45, 7) is 3.74. The minimum absolute atomic E-state index is 0. The van der Waals surface area contributed by atoms with Crippen molar-refractivity contribution >= 4 is 42.3 Å². The van der Waals surface area contributed by atoms with Gasteiger partial charge in [0.05, 0.1) is 17.3 Å². The van der Waals surface area contributed by atoms with Crippen LogP contribution >= 0.6 is 24.8 Å². The number of anilines is 3. The molecule has 1 aromatic carbocycles. The number of aromatic nitrogens is 2. The molecule has 2 aromatic rings. The van der Waals surface area contributed by atoms with Gasteiger partial charge in [-0.2, -0.15) is 10.2 Å². The van der Waals surface area contributed by atoms with Gasteiger partial charge in [0.25, 0.3) is 0 Å². The Morgan fingerprint density at radius 1 is 1.26 bits per heavy atom. The second-order valence-electron chi connectivity index (χ2n) is 6.91. The summed E-state index contributed by atoms with van der Waals surface area (Å²) in [6, 6.07) is 8.18. The van der Waals surface area contributed by atoms with Gasteiger partial charge in [-0.3, -0.25) is 0 Å². The fourth-order valence-corrected chi connectivity index (χ4v) is 3.66. The summed E-state index contributed by atoms with van der Waals surface area (Å²) < 4.78 is 0. The Hall–Kier alpha value is -2.07. The maximum atomic E-state index is 9.22. The lowest BCUT2D eigenvalue weighted by atomic mass is 10.1. The van der Waals surface area contributed by atoms with Gasteiger partial charge in [-0.25, -0.2) is 4.98 Å². The van der Waals surface area contributed by atoms with Crippen molar-refractivity contribution < 1.29 is 0 Å². The van der Waals surface area contributed by atoms with Crippen molar-refractivity contribution in [2.75, 3.05) is 23.3 Å². The van der Waals surface area contributed by atoms with E-state index in [-0.39, 0.29) is 30.9 Å². The zero-order valence-electron chi connectivity index (χ0n) is 15.2. The summed E-state index contributed by atoms with van der Waals surface area (Å²) in [5.74, 6) is 1.63. The fourth-order valence-electron chi connectivity index (χ4n) is 3.66.